The quantitative estimate of drug-likeness (QED) is 0.361. The van der Waals surface area contributed by atoms with Crippen LogP contribution in [0.3, 0.4) is 0 Å². The van der Waals surface area contributed by atoms with Crippen LogP contribution >= 0.6 is 11.3 Å². The number of hydrogen-bond acceptors (Lipinski definition) is 5. The van der Waals surface area contributed by atoms with E-state index in [-0.39, 0.29) is 23.9 Å². The van der Waals surface area contributed by atoms with Crippen molar-refractivity contribution >= 4 is 42.6 Å². The molecule has 0 aliphatic carbocycles. The third kappa shape index (κ3) is 4.71. The van der Waals surface area contributed by atoms with Crippen LogP contribution in [0.4, 0.5) is 9.52 Å². The van der Waals surface area contributed by atoms with E-state index < -0.39 is 21.9 Å². The van der Waals surface area contributed by atoms with E-state index in [1.807, 2.05) is 55.5 Å². The number of benzene rings is 3. The predicted octanol–water partition coefficient (Wildman–Crippen LogP) is 5.13. The molecule has 1 unspecified atom stereocenters. The number of aromatic nitrogens is 1. The highest BCUT2D eigenvalue weighted by Gasteiger charge is 2.42. The maximum atomic E-state index is 14.0. The van der Waals surface area contributed by atoms with Gasteiger partial charge in [-0.05, 0) is 67.3 Å². The van der Waals surface area contributed by atoms with Gasteiger partial charge in [-0.25, -0.2) is 17.8 Å². The lowest BCUT2D eigenvalue weighted by Crippen LogP contribution is -2.47. The Balaban J connectivity index is 1.52. The first-order valence-corrected chi connectivity index (χ1v) is 13.6. The van der Waals surface area contributed by atoms with Crippen molar-refractivity contribution in [3.63, 3.8) is 0 Å². The molecule has 5 rings (SSSR count). The van der Waals surface area contributed by atoms with Crippen LogP contribution in [0, 0.1) is 12.7 Å². The standard InChI is InChI=1S/C26H24FN3O3S2/c1-18-9-14-22-24(16-18)34-26(28-22)29(17-19-6-3-2-4-7-19)25(31)23-8-5-15-30(23)35(32,33)21-12-10-20(27)11-13-21/h2-4,6-7,9-14,16,23H,5,8,15,17H2,1H3. The molecule has 2 heterocycles. The second-order valence-corrected chi connectivity index (χ2v) is 11.5. The van der Waals surface area contributed by atoms with Crippen molar-refractivity contribution in [2.75, 3.05) is 11.4 Å². The van der Waals surface area contributed by atoms with Gasteiger partial charge in [-0.2, -0.15) is 4.31 Å². The van der Waals surface area contributed by atoms with E-state index in [1.165, 1.54) is 27.8 Å². The number of rotatable bonds is 6. The summed E-state index contributed by atoms with van der Waals surface area (Å²) in [6, 6.07) is 19.4. The first kappa shape index (κ1) is 23.6. The number of halogens is 1. The number of aryl methyl sites for hydroxylation is 1. The number of carbonyl (C=O) groups excluding carboxylic acids is 1. The van der Waals surface area contributed by atoms with E-state index in [4.69, 9.17) is 4.98 Å². The highest BCUT2D eigenvalue weighted by Crippen LogP contribution is 2.34. The fourth-order valence-electron chi connectivity index (χ4n) is 4.34. The smallest absolute Gasteiger partial charge is 0.247 e. The Morgan fingerprint density at radius 3 is 2.60 bits per heavy atom. The molecule has 1 aliphatic heterocycles. The predicted molar refractivity (Wildman–Crippen MR) is 135 cm³/mol. The molecule has 1 saturated heterocycles. The fraction of sp³-hybridized carbons (Fsp3) is 0.231. The van der Waals surface area contributed by atoms with Crippen LogP contribution in [0.15, 0.2) is 77.7 Å². The van der Waals surface area contributed by atoms with Gasteiger partial charge in [0, 0.05) is 6.54 Å². The monoisotopic (exact) mass is 509 g/mol. The van der Waals surface area contributed by atoms with Gasteiger partial charge in [0.05, 0.1) is 21.7 Å². The first-order valence-electron chi connectivity index (χ1n) is 11.3. The van der Waals surface area contributed by atoms with E-state index in [0.717, 1.165) is 33.5 Å². The van der Waals surface area contributed by atoms with Crippen LogP contribution in [-0.4, -0.2) is 36.2 Å². The molecule has 0 bridgehead atoms. The molecule has 1 amide bonds. The Morgan fingerprint density at radius 2 is 1.86 bits per heavy atom. The Morgan fingerprint density at radius 1 is 1.11 bits per heavy atom. The Kier molecular flexibility index (Phi) is 6.39. The molecule has 1 atom stereocenters. The van der Waals surface area contributed by atoms with Crippen LogP contribution in [0.2, 0.25) is 0 Å². The summed E-state index contributed by atoms with van der Waals surface area (Å²) in [5.74, 6) is -0.828. The van der Waals surface area contributed by atoms with Gasteiger partial charge in [0.25, 0.3) is 0 Å². The van der Waals surface area contributed by atoms with Gasteiger partial charge in [-0.15, -0.1) is 0 Å². The zero-order valence-corrected chi connectivity index (χ0v) is 20.7. The molecule has 6 nitrogen and oxygen atoms in total. The van der Waals surface area contributed by atoms with E-state index in [1.54, 1.807) is 4.90 Å². The third-order valence-electron chi connectivity index (χ3n) is 6.12. The summed E-state index contributed by atoms with van der Waals surface area (Å²) < 4.78 is 42.4. The molecule has 0 saturated carbocycles. The van der Waals surface area contributed by atoms with E-state index in [0.29, 0.717) is 18.0 Å². The SMILES string of the molecule is Cc1ccc2nc(N(Cc3ccccc3)C(=O)C3CCCN3S(=O)(=O)c3ccc(F)cc3)sc2c1. The summed E-state index contributed by atoms with van der Waals surface area (Å²) in [6.45, 7) is 2.51. The molecule has 4 aromatic rings. The molecule has 1 fully saturated rings. The number of hydrogen-bond donors (Lipinski definition) is 0. The van der Waals surface area contributed by atoms with Gasteiger partial charge in [0.1, 0.15) is 11.9 Å². The van der Waals surface area contributed by atoms with Crippen molar-refractivity contribution in [3.8, 4) is 0 Å². The lowest BCUT2D eigenvalue weighted by atomic mass is 10.1. The largest absolute Gasteiger partial charge is 0.282 e. The van der Waals surface area contributed by atoms with E-state index in [9.17, 15) is 17.6 Å². The lowest BCUT2D eigenvalue weighted by molar-refractivity contribution is -0.121. The van der Waals surface area contributed by atoms with Gasteiger partial charge in [0.2, 0.25) is 15.9 Å². The Bertz CT molecular complexity index is 1470. The zero-order chi connectivity index (χ0) is 24.6. The number of thiazole rings is 1. The zero-order valence-electron chi connectivity index (χ0n) is 19.1. The number of nitrogens with zero attached hydrogens (tertiary/aromatic N) is 3. The van der Waals surface area contributed by atoms with E-state index >= 15 is 0 Å². The molecule has 0 N–H and O–H groups in total. The Hall–Kier alpha value is -3.14. The van der Waals surface area contributed by atoms with Crippen LogP contribution in [-0.2, 0) is 21.4 Å². The molecule has 9 heteroatoms. The average Bonchev–Trinajstić information content (AvgIpc) is 3.50. The summed E-state index contributed by atoms with van der Waals surface area (Å²) in [7, 11) is -3.97. The van der Waals surface area contributed by atoms with Crippen LogP contribution in [0.1, 0.15) is 24.0 Å². The van der Waals surface area contributed by atoms with Crippen LogP contribution in [0.5, 0.6) is 0 Å². The number of carbonyl (C=O) groups is 1. The number of fused-ring (bicyclic) bond motifs is 1. The summed E-state index contributed by atoms with van der Waals surface area (Å²) >= 11 is 1.42. The number of anilines is 1. The van der Waals surface area contributed by atoms with Gasteiger partial charge < -0.3 is 0 Å². The molecular weight excluding hydrogens is 485 g/mol. The molecule has 180 valence electrons. The second-order valence-electron chi connectivity index (χ2n) is 8.61. The summed E-state index contributed by atoms with van der Waals surface area (Å²) in [6.07, 6.45) is 0.976. The van der Waals surface area contributed by atoms with Gasteiger partial charge in [-0.3, -0.25) is 9.69 Å². The topological polar surface area (TPSA) is 70.6 Å². The molecule has 0 radical (unpaired) electrons. The van der Waals surface area contributed by atoms with Crippen molar-refractivity contribution in [3.05, 3.63) is 89.7 Å². The summed E-state index contributed by atoms with van der Waals surface area (Å²) in [4.78, 5) is 20.2. The van der Waals surface area contributed by atoms with Crippen molar-refractivity contribution in [1.29, 1.82) is 0 Å². The normalized spacial score (nSPS) is 16.6. The van der Waals surface area contributed by atoms with E-state index in [2.05, 4.69) is 0 Å². The average molecular weight is 510 g/mol. The lowest BCUT2D eigenvalue weighted by Gasteiger charge is -2.28. The minimum atomic E-state index is -3.97. The van der Waals surface area contributed by atoms with Crippen molar-refractivity contribution in [2.45, 2.75) is 37.2 Å². The molecule has 1 aromatic heterocycles. The minimum Gasteiger partial charge on any atom is -0.282 e. The van der Waals surface area contributed by atoms with Crippen molar-refractivity contribution < 1.29 is 17.6 Å². The number of amides is 1. The first-order chi connectivity index (χ1) is 16.8. The van der Waals surface area contributed by atoms with Crippen LogP contribution < -0.4 is 4.90 Å². The van der Waals surface area contributed by atoms with Crippen molar-refractivity contribution in [2.24, 2.45) is 0 Å². The molecule has 1 aliphatic rings. The van der Waals surface area contributed by atoms with Gasteiger partial charge >= 0.3 is 0 Å². The molecular formula is C26H24FN3O3S2. The third-order valence-corrected chi connectivity index (χ3v) is 9.09. The van der Waals surface area contributed by atoms with Crippen molar-refractivity contribution in [1.82, 2.24) is 9.29 Å². The van der Waals surface area contributed by atoms with Gasteiger partial charge in [-0.1, -0.05) is 47.7 Å². The fourth-order valence-corrected chi connectivity index (χ4v) is 7.06. The summed E-state index contributed by atoms with van der Waals surface area (Å²) in [5.41, 5.74) is 2.81. The number of sulfonamides is 1. The molecule has 0 spiro atoms. The van der Waals surface area contributed by atoms with Crippen LogP contribution in [0.25, 0.3) is 10.2 Å². The Labute approximate surface area is 207 Å². The minimum absolute atomic E-state index is 0.0244. The molecule has 3 aromatic carbocycles. The highest BCUT2D eigenvalue weighted by molar-refractivity contribution is 7.89. The second kappa shape index (κ2) is 9.49. The van der Waals surface area contributed by atoms with Gasteiger partial charge in [0.15, 0.2) is 5.13 Å². The maximum Gasteiger partial charge on any atom is 0.247 e. The highest BCUT2D eigenvalue weighted by atomic mass is 32.2. The maximum absolute atomic E-state index is 14.0. The summed E-state index contributed by atoms with van der Waals surface area (Å²) in [5, 5.41) is 0.533. The molecule has 35 heavy (non-hydrogen) atoms.